The van der Waals surface area contributed by atoms with Gasteiger partial charge in [-0.25, -0.2) is 0 Å². The van der Waals surface area contributed by atoms with Crippen LogP contribution in [0.5, 0.6) is 0 Å². The Morgan fingerprint density at radius 3 is 3.20 bits per heavy atom. The van der Waals surface area contributed by atoms with Gasteiger partial charge in [-0.3, -0.25) is 4.79 Å². The van der Waals surface area contributed by atoms with E-state index in [4.69, 9.17) is 5.11 Å². The molecule has 80 valence electrons. The van der Waals surface area contributed by atoms with Crippen LogP contribution in [0, 0.1) is 0 Å². The molecule has 4 nitrogen and oxygen atoms in total. The van der Waals surface area contributed by atoms with Crippen molar-refractivity contribution in [2.75, 3.05) is 29.5 Å². The first kappa shape index (κ1) is 10.3. The number of amides is 1. The minimum absolute atomic E-state index is 0.0341. The van der Waals surface area contributed by atoms with Crippen LogP contribution in [-0.4, -0.2) is 29.9 Å². The molecule has 0 fully saturated rings. The van der Waals surface area contributed by atoms with Crippen LogP contribution in [0.25, 0.3) is 0 Å². The Bertz CT molecular complexity index is 382. The van der Waals surface area contributed by atoms with Crippen molar-refractivity contribution in [1.29, 1.82) is 0 Å². The van der Waals surface area contributed by atoms with E-state index in [9.17, 15) is 4.79 Å². The van der Waals surface area contributed by atoms with Crippen molar-refractivity contribution in [2.24, 2.45) is 0 Å². The van der Waals surface area contributed by atoms with E-state index in [1.807, 2.05) is 18.2 Å². The SMILES string of the molecule is O=C1CSc2ccc(NCCO)cc2N1. The fourth-order valence-corrected chi connectivity index (χ4v) is 2.18. The maximum atomic E-state index is 11.2. The third kappa shape index (κ3) is 2.43. The minimum Gasteiger partial charge on any atom is -0.395 e. The summed E-state index contributed by atoms with van der Waals surface area (Å²) < 4.78 is 0. The Morgan fingerprint density at radius 1 is 1.53 bits per heavy atom. The zero-order valence-corrected chi connectivity index (χ0v) is 8.93. The van der Waals surface area contributed by atoms with Gasteiger partial charge in [-0.2, -0.15) is 0 Å². The molecule has 1 aromatic rings. The van der Waals surface area contributed by atoms with Crippen LogP contribution in [0.2, 0.25) is 0 Å². The predicted molar refractivity (Wildman–Crippen MR) is 61.4 cm³/mol. The van der Waals surface area contributed by atoms with Crippen LogP contribution < -0.4 is 10.6 Å². The maximum absolute atomic E-state index is 11.2. The van der Waals surface area contributed by atoms with E-state index >= 15 is 0 Å². The average molecular weight is 224 g/mol. The molecule has 1 heterocycles. The number of hydrogen-bond acceptors (Lipinski definition) is 4. The van der Waals surface area contributed by atoms with Crippen molar-refractivity contribution in [2.45, 2.75) is 4.90 Å². The number of thioether (sulfide) groups is 1. The predicted octanol–water partition coefficient (Wildman–Crippen LogP) is 1.13. The summed E-state index contributed by atoms with van der Waals surface area (Å²) in [6.07, 6.45) is 0. The summed E-state index contributed by atoms with van der Waals surface area (Å²) in [6.45, 7) is 0.609. The molecule has 0 aromatic heterocycles. The van der Waals surface area contributed by atoms with E-state index in [0.29, 0.717) is 12.3 Å². The Morgan fingerprint density at radius 2 is 2.40 bits per heavy atom. The van der Waals surface area contributed by atoms with Crippen molar-refractivity contribution in [3.05, 3.63) is 18.2 Å². The van der Waals surface area contributed by atoms with Gasteiger partial charge in [0, 0.05) is 17.1 Å². The molecule has 5 heteroatoms. The first-order valence-electron chi connectivity index (χ1n) is 4.71. The molecule has 0 unspecified atom stereocenters. The van der Waals surface area contributed by atoms with Crippen molar-refractivity contribution in [3.63, 3.8) is 0 Å². The quantitative estimate of drug-likeness (QED) is 0.720. The molecule has 0 saturated carbocycles. The normalized spacial score (nSPS) is 14.3. The second-order valence-corrected chi connectivity index (χ2v) is 4.22. The fourth-order valence-electron chi connectivity index (χ4n) is 1.39. The molecule has 15 heavy (non-hydrogen) atoms. The lowest BCUT2D eigenvalue weighted by Gasteiger charge is -2.17. The first-order chi connectivity index (χ1) is 7.29. The fraction of sp³-hybridized carbons (Fsp3) is 0.300. The van der Waals surface area contributed by atoms with Crippen molar-refractivity contribution in [1.82, 2.24) is 0 Å². The van der Waals surface area contributed by atoms with Crippen LogP contribution in [0.1, 0.15) is 0 Å². The number of anilines is 2. The molecule has 2 rings (SSSR count). The molecule has 0 aliphatic carbocycles. The van der Waals surface area contributed by atoms with E-state index in [2.05, 4.69) is 10.6 Å². The van der Waals surface area contributed by atoms with E-state index in [1.54, 1.807) is 11.8 Å². The standard InChI is InChI=1S/C10H12N2O2S/c13-4-3-11-7-1-2-9-8(5-7)12-10(14)6-15-9/h1-2,5,11,13H,3-4,6H2,(H,12,14). The highest BCUT2D eigenvalue weighted by atomic mass is 32.2. The van der Waals surface area contributed by atoms with E-state index in [-0.39, 0.29) is 12.5 Å². The maximum Gasteiger partial charge on any atom is 0.234 e. The summed E-state index contributed by atoms with van der Waals surface area (Å²) in [5, 5.41) is 14.5. The second-order valence-electron chi connectivity index (χ2n) is 3.20. The molecule has 0 radical (unpaired) electrons. The van der Waals surface area contributed by atoms with Crippen molar-refractivity contribution >= 4 is 29.0 Å². The van der Waals surface area contributed by atoms with Gasteiger partial charge in [0.15, 0.2) is 0 Å². The number of carbonyl (C=O) groups is 1. The first-order valence-corrected chi connectivity index (χ1v) is 5.69. The summed E-state index contributed by atoms with van der Waals surface area (Å²) in [7, 11) is 0. The van der Waals surface area contributed by atoms with Gasteiger partial charge in [0.05, 0.1) is 18.0 Å². The Kier molecular flexibility index (Phi) is 3.13. The highest BCUT2D eigenvalue weighted by Crippen LogP contribution is 2.33. The molecule has 1 aliphatic heterocycles. The van der Waals surface area contributed by atoms with Crippen LogP contribution >= 0.6 is 11.8 Å². The van der Waals surface area contributed by atoms with Gasteiger partial charge in [-0.1, -0.05) is 0 Å². The van der Waals surface area contributed by atoms with Gasteiger partial charge in [0.2, 0.25) is 5.91 Å². The van der Waals surface area contributed by atoms with Gasteiger partial charge in [0.1, 0.15) is 0 Å². The third-order valence-corrected chi connectivity index (χ3v) is 3.13. The van der Waals surface area contributed by atoms with Crippen LogP contribution in [0.15, 0.2) is 23.1 Å². The Hall–Kier alpha value is -1.20. The highest BCUT2D eigenvalue weighted by Gasteiger charge is 2.14. The van der Waals surface area contributed by atoms with Crippen LogP contribution in [0.3, 0.4) is 0 Å². The van der Waals surface area contributed by atoms with Crippen molar-refractivity contribution < 1.29 is 9.90 Å². The highest BCUT2D eigenvalue weighted by molar-refractivity contribution is 8.00. The van der Waals surface area contributed by atoms with E-state index < -0.39 is 0 Å². The summed E-state index contributed by atoms with van der Waals surface area (Å²) in [6, 6.07) is 5.80. The Labute approximate surface area is 92.1 Å². The van der Waals surface area contributed by atoms with Crippen molar-refractivity contribution in [3.8, 4) is 0 Å². The van der Waals surface area contributed by atoms with Gasteiger partial charge in [0.25, 0.3) is 0 Å². The zero-order chi connectivity index (χ0) is 10.7. The second kappa shape index (κ2) is 4.55. The number of fused-ring (bicyclic) bond motifs is 1. The molecule has 3 N–H and O–H groups in total. The molecular formula is C10H12N2O2S. The molecular weight excluding hydrogens is 212 g/mol. The number of nitrogens with one attached hydrogen (secondary N) is 2. The summed E-state index contributed by atoms with van der Waals surface area (Å²) in [4.78, 5) is 12.2. The number of aliphatic hydroxyl groups is 1. The average Bonchev–Trinajstić information content (AvgIpc) is 2.25. The minimum atomic E-state index is 0.0341. The largest absolute Gasteiger partial charge is 0.395 e. The number of rotatable bonds is 3. The summed E-state index contributed by atoms with van der Waals surface area (Å²) in [5.74, 6) is 0.517. The number of carbonyl (C=O) groups excluding carboxylic acids is 1. The zero-order valence-electron chi connectivity index (χ0n) is 8.12. The monoisotopic (exact) mass is 224 g/mol. The summed E-state index contributed by atoms with van der Waals surface area (Å²) in [5.41, 5.74) is 1.75. The molecule has 0 spiro atoms. The Balaban J connectivity index is 2.17. The molecule has 1 aliphatic rings. The van der Waals surface area contributed by atoms with Gasteiger partial charge in [-0.05, 0) is 18.2 Å². The van der Waals surface area contributed by atoms with Gasteiger partial charge >= 0.3 is 0 Å². The number of aliphatic hydroxyl groups excluding tert-OH is 1. The molecule has 0 bridgehead atoms. The smallest absolute Gasteiger partial charge is 0.234 e. The van der Waals surface area contributed by atoms with Gasteiger partial charge < -0.3 is 15.7 Å². The molecule has 1 amide bonds. The molecule has 1 aromatic carbocycles. The van der Waals surface area contributed by atoms with E-state index in [0.717, 1.165) is 16.3 Å². The lowest BCUT2D eigenvalue weighted by Crippen LogP contribution is -2.18. The van der Waals surface area contributed by atoms with E-state index in [1.165, 1.54) is 0 Å². The molecule has 0 atom stereocenters. The molecule has 0 saturated heterocycles. The lowest BCUT2D eigenvalue weighted by atomic mass is 10.2. The van der Waals surface area contributed by atoms with Gasteiger partial charge in [-0.15, -0.1) is 11.8 Å². The summed E-state index contributed by atoms with van der Waals surface area (Å²) >= 11 is 1.54. The lowest BCUT2D eigenvalue weighted by molar-refractivity contribution is -0.113. The van der Waals surface area contributed by atoms with Crippen LogP contribution in [-0.2, 0) is 4.79 Å². The topological polar surface area (TPSA) is 61.4 Å². The van der Waals surface area contributed by atoms with Crippen LogP contribution in [0.4, 0.5) is 11.4 Å². The number of hydrogen-bond donors (Lipinski definition) is 3. The third-order valence-electron chi connectivity index (χ3n) is 2.05. The number of benzene rings is 1.